The van der Waals surface area contributed by atoms with Crippen LogP contribution >= 0.6 is 11.3 Å². The van der Waals surface area contributed by atoms with Crippen LogP contribution in [0.5, 0.6) is 0 Å². The normalized spacial score (nSPS) is 12.1. The number of nitrogens with one attached hydrogen (secondary N) is 1. The van der Waals surface area contributed by atoms with E-state index in [0.29, 0.717) is 11.4 Å². The van der Waals surface area contributed by atoms with Gasteiger partial charge in [0.05, 0.1) is 0 Å². The largest absolute Gasteiger partial charge is 0.384 e. The van der Waals surface area contributed by atoms with Gasteiger partial charge in [-0.15, -0.1) is 11.3 Å². The number of pyridine rings is 1. The summed E-state index contributed by atoms with van der Waals surface area (Å²) in [4.78, 5) is 17.7. The van der Waals surface area contributed by atoms with Gasteiger partial charge in [0.25, 0.3) is 5.91 Å². The molecule has 0 aliphatic rings. The van der Waals surface area contributed by atoms with E-state index in [2.05, 4.69) is 16.4 Å². The summed E-state index contributed by atoms with van der Waals surface area (Å²) in [5, 5.41) is 5.04. The highest BCUT2D eigenvalue weighted by molar-refractivity contribution is 7.09. The van der Waals surface area contributed by atoms with E-state index in [0.717, 1.165) is 18.5 Å². The summed E-state index contributed by atoms with van der Waals surface area (Å²) in [6, 6.07) is 7.59. The maximum Gasteiger partial charge on any atom is 0.251 e. The third kappa shape index (κ3) is 3.81. The number of nitrogen functional groups attached to an aromatic ring is 1. The molecular weight excluding hydrogens is 270 g/mol. The SMILES string of the molecule is CCc1cc(C(=O)NC(C)Cc2cccs2)cc(N)n1. The van der Waals surface area contributed by atoms with Crippen molar-refractivity contribution >= 4 is 23.1 Å². The predicted molar refractivity (Wildman–Crippen MR) is 83.0 cm³/mol. The number of aryl methyl sites for hydroxylation is 1. The van der Waals surface area contributed by atoms with Gasteiger partial charge in [-0.3, -0.25) is 4.79 Å². The van der Waals surface area contributed by atoms with Crippen LogP contribution in [0.25, 0.3) is 0 Å². The number of carbonyl (C=O) groups is 1. The van der Waals surface area contributed by atoms with Gasteiger partial charge in [-0.1, -0.05) is 13.0 Å². The van der Waals surface area contributed by atoms with Gasteiger partial charge in [0.2, 0.25) is 0 Å². The molecule has 0 bridgehead atoms. The highest BCUT2D eigenvalue weighted by atomic mass is 32.1. The molecule has 0 fully saturated rings. The summed E-state index contributed by atoms with van der Waals surface area (Å²) < 4.78 is 0. The predicted octanol–water partition coefficient (Wildman–Crippen LogP) is 2.65. The zero-order valence-corrected chi connectivity index (χ0v) is 12.5. The summed E-state index contributed by atoms with van der Waals surface area (Å²) in [5.74, 6) is 0.290. The van der Waals surface area contributed by atoms with E-state index in [4.69, 9.17) is 5.73 Å². The second-order valence-electron chi connectivity index (χ2n) is 4.78. The van der Waals surface area contributed by atoms with Gasteiger partial charge in [0, 0.05) is 28.6 Å². The fraction of sp³-hybridized carbons (Fsp3) is 0.333. The van der Waals surface area contributed by atoms with Gasteiger partial charge in [-0.05, 0) is 36.9 Å². The zero-order chi connectivity index (χ0) is 14.5. The van der Waals surface area contributed by atoms with Gasteiger partial charge in [-0.2, -0.15) is 0 Å². The lowest BCUT2D eigenvalue weighted by atomic mass is 10.1. The van der Waals surface area contributed by atoms with Crippen molar-refractivity contribution in [2.75, 3.05) is 5.73 Å². The molecule has 0 aliphatic carbocycles. The monoisotopic (exact) mass is 289 g/mol. The van der Waals surface area contributed by atoms with Crippen LogP contribution in [-0.4, -0.2) is 16.9 Å². The van der Waals surface area contributed by atoms with Crippen molar-refractivity contribution in [1.29, 1.82) is 0 Å². The number of hydrogen-bond donors (Lipinski definition) is 2. The first-order valence-electron chi connectivity index (χ1n) is 6.68. The molecule has 2 heterocycles. The summed E-state index contributed by atoms with van der Waals surface area (Å²) >= 11 is 1.70. The molecule has 1 amide bonds. The minimum Gasteiger partial charge on any atom is -0.384 e. The van der Waals surface area contributed by atoms with Crippen LogP contribution < -0.4 is 11.1 Å². The Morgan fingerprint density at radius 3 is 2.95 bits per heavy atom. The van der Waals surface area contributed by atoms with Crippen LogP contribution in [0.4, 0.5) is 5.82 Å². The highest BCUT2D eigenvalue weighted by Gasteiger charge is 2.12. The molecule has 0 aromatic carbocycles. The quantitative estimate of drug-likeness (QED) is 0.889. The Morgan fingerprint density at radius 2 is 2.30 bits per heavy atom. The number of rotatable bonds is 5. The summed E-state index contributed by atoms with van der Waals surface area (Å²) in [6.45, 7) is 3.99. The first kappa shape index (κ1) is 14.5. The number of carbonyl (C=O) groups excluding carboxylic acids is 1. The van der Waals surface area contributed by atoms with Gasteiger partial charge >= 0.3 is 0 Å². The Kier molecular flexibility index (Phi) is 4.74. The second-order valence-corrected chi connectivity index (χ2v) is 5.82. The molecule has 2 aromatic rings. The number of thiophene rings is 1. The van der Waals surface area contributed by atoms with Crippen LogP contribution in [0, 0.1) is 0 Å². The Morgan fingerprint density at radius 1 is 1.50 bits per heavy atom. The molecule has 0 spiro atoms. The topological polar surface area (TPSA) is 68.0 Å². The second kappa shape index (κ2) is 6.52. The fourth-order valence-electron chi connectivity index (χ4n) is 2.01. The first-order valence-corrected chi connectivity index (χ1v) is 7.56. The Labute approximate surface area is 123 Å². The van der Waals surface area contributed by atoms with Gasteiger partial charge in [0.1, 0.15) is 5.82 Å². The molecule has 0 aliphatic heterocycles. The molecule has 3 N–H and O–H groups in total. The molecule has 4 nitrogen and oxygen atoms in total. The first-order chi connectivity index (χ1) is 9.58. The summed E-state index contributed by atoms with van der Waals surface area (Å²) in [6.07, 6.45) is 1.60. The maximum atomic E-state index is 12.2. The molecule has 2 aromatic heterocycles. The number of nitrogens with zero attached hydrogens (tertiary/aromatic N) is 1. The molecule has 1 unspecified atom stereocenters. The number of anilines is 1. The minimum absolute atomic E-state index is 0.0839. The number of aromatic nitrogens is 1. The van der Waals surface area contributed by atoms with Crippen LogP contribution in [0.2, 0.25) is 0 Å². The summed E-state index contributed by atoms with van der Waals surface area (Å²) in [7, 11) is 0. The lowest BCUT2D eigenvalue weighted by Gasteiger charge is -2.13. The van der Waals surface area contributed by atoms with Crippen LogP contribution in [-0.2, 0) is 12.8 Å². The maximum absolute atomic E-state index is 12.2. The molecule has 2 rings (SSSR count). The van der Waals surface area contributed by atoms with Crippen molar-refractivity contribution in [3.63, 3.8) is 0 Å². The Balaban J connectivity index is 2.02. The van der Waals surface area contributed by atoms with Crippen LogP contribution in [0.1, 0.15) is 34.8 Å². The number of nitrogens with two attached hydrogens (primary N) is 1. The van der Waals surface area contributed by atoms with E-state index < -0.39 is 0 Å². The molecule has 1 atom stereocenters. The van der Waals surface area contributed by atoms with E-state index >= 15 is 0 Å². The van der Waals surface area contributed by atoms with Gasteiger partial charge in [-0.25, -0.2) is 4.98 Å². The van der Waals surface area contributed by atoms with Crippen molar-refractivity contribution in [1.82, 2.24) is 10.3 Å². The zero-order valence-electron chi connectivity index (χ0n) is 11.7. The average Bonchev–Trinajstić information content (AvgIpc) is 2.90. The smallest absolute Gasteiger partial charge is 0.251 e. The fourth-order valence-corrected chi connectivity index (χ4v) is 2.85. The van der Waals surface area contributed by atoms with Crippen molar-refractivity contribution in [3.05, 3.63) is 45.8 Å². The van der Waals surface area contributed by atoms with E-state index in [1.54, 1.807) is 23.5 Å². The average molecular weight is 289 g/mol. The third-order valence-electron chi connectivity index (χ3n) is 2.99. The molecular formula is C15H19N3OS. The number of amides is 1. The molecule has 20 heavy (non-hydrogen) atoms. The van der Waals surface area contributed by atoms with Crippen molar-refractivity contribution in [2.24, 2.45) is 0 Å². The molecule has 0 saturated heterocycles. The minimum atomic E-state index is -0.0992. The van der Waals surface area contributed by atoms with Gasteiger partial charge in [0.15, 0.2) is 0 Å². The number of hydrogen-bond acceptors (Lipinski definition) is 4. The van der Waals surface area contributed by atoms with Crippen LogP contribution in [0.15, 0.2) is 29.6 Å². The van der Waals surface area contributed by atoms with Crippen molar-refractivity contribution in [3.8, 4) is 0 Å². The van der Waals surface area contributed by atoms with E-state index in [9.17, 15) is 4.79 Å². The standard InChI is InChI=1S/C15H19N3OS/c1-3-12-8-11(9-14(16)18-12)15(19)17-10(2)7-13-5-4-6-20-13/h4-6,8-10H,3,7H2,1-2H3,(H2,16,18)(H,17,19). The van der Waals surface area contributed by atoms with E-state index in [1.807, 2.05) is 25.3 Å². The molecule has 106 valence electrons. The Bertz CT molecular complexity index is 581. The lowest BCUT2D eigenvalue weighted by Crippen LogP contribution is -2.34. The highest BCUT2D eigenvalue weighted by Crippen LogP contribution is 2.12. The lowest BCUT2D eigenvalue weighted by molar-refractivity contribution is 0.0940. The Hall–Kier alpha value is -1.88. The molecule has 0 saturated carbocycles. The molecule has 5 heteroatoms. The van der Waals surface area contributed by atoms with Crippen LogP contribution in [0.3, 0.4) is 0 Å². The van der Waals surface area contributed by atoms with Crippen molar-refractivity contribution in [2.45, 2.75) is 32.7 Å². The van der Waals surface area contributed by atoms with Gasteiger partial charge < -0.3 is 11.1 Å². The van der Waals surface area contributed by atoms with E-state index in [1.165, 1.54) is 4.88 Å². The van der Waals surface area contributed by atoms with Crippen molar-refractivity contribution < 1.29 is 4.79 Å². The summed E-state index contributed by atoms with van der Waals surface area (Å²) in [5.41, 5.74) is 7.13. The molecule has 0 radical (unpaired) electrons. The van der Waals surface area contributed by atoms with E-state index in [-0.39, 0.29) is 11.9 Å². The third-order valence-corrected chi connectivity index (χ3v) is 3.89.